The van der Waals surface area contributed by atoms with Crippen LogP contribution in [0, 0.1) is 0 Å². The van der Waals surface area contributed by atoms with Crippen LogP contribution in [0.4, 0.5) is 22.0 Å². The van der Waals surface area contributed by atoms with Crippen molar-refractivity contribution < 1.29 is 22.0 Å². The number of imidazole rings is 1. The molecule has 1 aromatic heterocycles. The quantitative estimate of drug-likeness (QED) is 0.853. The van der Waals surface area contributed by atoms with E-state index in [0.29, 0.717) is 11.1 Å². The van der Waals surface area contributed by atoms with E-state index in [2.05, 4.69) is 4.98 Å². The third-order valence-corrected chi connectivity index (χ3v) is 4.03. The zero-order valence-electron chi connectivity index (χ0n) is 12.2. The topological polar surface area (TPSA) is 43.8 Å². The molecule has 2 aromatic rings. The number of nitrogens with zero attached hydrogens (tertiary/aromatic N) is 2. The van der Waals surface area contributed by atoms with Crippen molar-refractivity contribution in [1.82, 2.24) is 9.55 Å². The molecule has 0 saturated heterocycles. The standard InChI is InChI=1S/C15H14F5N3/c1-23-6-11(15(18,19)20)22-12(23)9-2-4-10(5-3-9)13(21)7-14(16,17)8-13/h2-6H,7-8,21H2,1H3. The fraction of sp³-hybridized carbons (Fsp3) is 0.400. The van der Waals surface area contributed by atoms with E-state index in [4.69, 9.17) is 5.73 Å². The van der Waals surface area contributed by atoms with Crippen LogP contribution in [-0.2, 0) is 18.8 Å². The van der Waals surface area contributed by atoms with Crippen LogP contribution in [0.25, 0.3) is 11.4 Å². The summed E-state index contributed by atoms with van der Waals surface area (Å²) >= 11 is 0. The highest BCUT2D eigenvalue weighted by Gasteiger charge is 2.55. The van der Waals surface area contributed by atoms with E-state index in [1.54, 1.807) is 24.3 Å². The number of halogens is 5. The van der Waals surface area contributed by atoms with E-state index in [0.717, 1.165) is 6.20 Å². The van der Waals surface area contributed by atoms with Gasteiger partial charge in [0, 0.05) is 31.6 Å². The molecule has 3 nitrogen and oxygen atoms in total. The van der Waals surface area contributed by atoms with Crippen molar-refractivity contribution >= 4 is 0 Å². The lowest BCUT2D eigenvalue weighted by atomic mass is 9.70. The normalized spacial score (nSPS) is 19.4. The molecule has 124 valence electrons. The number of hydrogen-bond acceptors (Lipinski definition) is 2. The van der Waals surface area contributed by atoms with Gasteiger partial charge in [-0.05, 0) is 5.56 Å². The summed E-state index contributed by atoms with van der Waals surface area (Å²) in [6, 6.07) is 6.21. The van der Waals surface area contributed by atoms with Crippen molar-refractivity contribution in [3.63, 3.8) is 0 Å². The number of rotatable bonds is 2. The number of benzene rings is 1. The van der Waals surface area contributed by atoms with Crippen molar-refractivity contribution in [2.24, 2.45) is 12.8 Å². The zero-order chi connectivity index (χ0) is 17.0. The van der Waals surface area contributed by atoms with Crippen LogP contribution in [0.1, 0.15) is 24.1 Å². The molecule has 23 heavy (non-hydrogen) atoms. The fourth-order valence-corrected chi connectivity index (χ4v) is 2.90. The molecule has 8 heteroatoms. The average Bonchev–Trinajstić information content (AvgIpc) is 2.78. The Bertz CT molecular complexity index is 723. The van der Waals surface area contributed by atoms with Crippen molar-refractivity contribution in [2.45, 2.75) is 30.5 Å². The van der Waals surface area contributed by atoms with Crippen LogP contribution in [0.15, 0.2) is 30.5 Å². The minimum absolute atomic E-state index is 0.147. The summed E-state index contributed by atoms with van der Waals surface area (Å²) in [5.74, 6) is -2.61. The van der Waals surface area contributed by atoms with Crippen molar-refractivity contribution in [2.75, 3.05) is 0 Å². The van der Waals surface area contributed by atoms with Gasteiger partial charge in [0.15, 0.2) is 5.69 Å². The lowest BCUT2D eigenvalue weighted by Crippen LogP contribution is -2.55. The van der Waals surface area contributed by atoms with Gasteiger partial charge in [0.05, 0.1) is 5.54 Å². The molecule has 0 bridgehead atoms. The summed E-state index contributed by atoms with van der Waals surface area (Å²) in [6.45, 7) is 0. The van der Waals surface area contributed by atoms with Gasteiger partial charge < -0.3 is 10.3 Å². The van der Waals surface area contributed by atoms with Gasteiger partial charge in [-0.3, -0.25) is 0 Å². The molecule has 3 rings (SSSR count). The molecule has 1 aliphatic carbocycles. The van der Waals surface area contributed by atoms with Gasteiger partial charge in [-0.15, -0.1) is 0 Å². The number of aryl methyl sites for hydroxylation is 1. The van der Waals surface area contributed by atoms with Crippen LogP contribution in [0.2, 0.25) is 0 Å². The molecule has 0 radical (unpaired) electrons. The van der Waals surface area contributed by atoms with Crippen molar-refractivity contribution in [3.05, 3.63) is 41.7 Å². The molecule has 0 unspecified atom stereocenters. The highest BCUT2D eigenvalue weighted by Crippen LogP contribution is 2.49. The number of alkyl halides is 5. The van der Waals surface area contributed by atoms with Crippen molar-refractivity contribution in [1.29, 1.82) is 0 Å². The smallest absolute Gasteiger partial charge is 0.333 e. The summed E-state index contributed by atoms with van der Waals surface area (Å²) in [6.07, 6.45) is -4.48. The second-order valence-corrected chi connectivity index (χ2v) is 6.00. The number of aromatic nitrogens is 2. The summed E-state index contributed by atoms with van der Waals surface area (Å²) in [4.78, 5) is 3.59. The Morgan fingerprint density at radius 1 is 1.13 bits per heavy atom. The molecule has 2 N–H and O–H groups in total. The lowest BCUT2D eigenvalue weighted by molar-refractivity contribution is -0.140. The van der Waals surface area contributed by atoms with E-state index >= 15 is 0 Å². The molecule has 0 amide bonds. The first kappa shape index (κ1) is 15.9. The maximum Gasteiger partial charge on any atom is 0.434 e. The van der Waals surface area contributed by atoms with Gasteiger partial charge in [-0.1, -0.05) is 24.3 Å². The highest BCUT2D eigenvalue weighted by atomic mass is 19.4. The SMILES string of the molecule is Cn1cc(C(F)(F)F)nc1-c1ccc(C2(N)CC(F)(F)C2)cc1. The molecule has 1 saturated carbocycles. The summed E-state index contributed by atoms with van der Waals surface area (Å²) in [5.41, 5.74) is 4.87. The first-order chi connectivity index (χ1) is 10.5. The largest absolute Gasteiger partial charge is 0.434 e. The molecule has 0 atom stereocenters. The van der Waals surface area contributed by atoms with Crippen LogP contribution in [0.5, 0.6) is 0 Å². The second-order valence-electron chi connectivity index (χ2n) is 6.00. The lowest BCUT2D eigenvalue weighted by Gasteiger charge is -2.44. The third-order valence-electron chi connectivity index (χ3n) is 4.03. The Labute approximate surface area is 128 Å². The number of nitrogens with two attached hydrogens (primary N) is 1. The molecule has 1 fully saturated rings. The predicted molar refractivity (Wildman–Crippen MR) is 73.7 cm³/mol. The molecule has 1 aromatic carbocycles. The zero-order valence-corrected chi connectivity index (χ0v) is 12.2. The summed E-state index contributed by atoms with van der Waals surface area (Å²) in [7, 11) is 1.46. The molecule has 1 aliphatic rings. The minimum atomic E-state index is -4.52. The Balaban J connectivity index is 1.88. The van der Waals surface area contributed by atoms with Gasteiger partial charge in [-0.25, -0.2) is 13.8 Å². The fourth-order valence-electron chi connectivity index (χ4n) is 2.90. The van der Waals surface area contributed by atoms with Gasteiger partial charge >= 0.3 is 6.18 Å². The number of hydrogen-bond donors (Lipinski definition) is 1. The van der Waals surface area contributed by atoms with Crippen LogP contribution in [0.3, 0.4) is 0 Å². The highest BCUT2D eigenvalue weighted by molar-refractivity contribution is 5.57. The van der Waals surface area contributed by atoms with E-state index in [1.165, 1.54) is 11.6 Å². The molecular weight excluding hydrogens is 317 g/mol. The van der Waals surface area contributed by atoms with Gasteiger partial charge in [0.2, 0.25) is 0 Å². The van der Waals surface area contributed by atoms with Crippen molar-refractivity contribution in [3.8, 4) is 11.4 Å². The van der Waals surface area contributed by atoms with E-state index < -0.39 is 36.2 Å². The van der Waals surface area contributed by atoms with E-state index in [1.807, 2.05) is 0 Å². The second kappa shape index (κ2) is 4.77. The summed E-state index contributed by atoms with van der Waals surface area (Å²) < 4.78 is 65.4. The predicted octanol–water partition coefficient (Wildman–Crippen LogP) is 3.69. The average molecular weight is 331 g/mol. The van der Waals surface area contributed by atoms with E-state index in [9.17, 15) is 22.0 Å². The Morgan fingerprint density at radius 2 is 1.70 bits per heavy atom. The molecule has 0 spiro atoms. The molecule has 1 heterocycles. The Kier molecular flexibility index (Phi) is 3.30. The Morgan fingerprint density at radius 3 is 2.13 bits per heavy atom. The van der Waals surface area contributed by atoms with Crippen LogP contribution >= 0.6 is 0 Å². The minimum Gasteiger partial charge on any atom is -0.333 e. The summed E-state index contributed by atoms with van der Waals surface area (Å²) in [5, 5.41) is 0. The first-order valence-electron chi connectivity index (χ1n) is 6.88. The Hall–Kier alpha value is -1.96. The van der Waals surface area contributed by atoms with Crippen LogP contribution in [-0.4, -0.2) is 15.5 Å². The third kappa shape index (κ3) is 2.83. The van der Waals surface area contributed by atoms with Crippen LogP contribution < -0.4 is 5.73 Å². The first-order valence-corrected chi connectivity index (χ1v) is 6.88. The van der Waals surface area contributed by atoms with E-state index in [-0.39, 0.29) is 5.82 Å². The molecular formula is C15H14F5N3. The monoisotopic (exact) mass is 331 g/mol. The maximum absolute atomic E-state index is 13.0. The van der Waals surface area contributed by atoms with Gasteiger partial charge in [-0.2, -0.15) is 13.2 Å². The van der Waals surface area contributed by atoms with Gasteiger partial charge in [0.25, 0.3) is 5.92 Å². The molecule has 0 aliphatic heterocycles. The maximum atomic E-state index is 13.0. The van der Waals surface area contributed by atoms with Gasteiger partial charge in [0.1, 0.15) is 5.82 Å².